The third-order valence-electron chi connectivity index (χ3n) is 4.40. The van der Waals surface area contributed by atoms with Crippen molar-refractivity contribution >= 4 is 5.82 Å². The van der Waals surface area contributed by atoms with Crippen molar-refractivity contribution in [2.75, 3.05) is 18.0 Å². The van der Waals surface area contributed by atoms with Crippen molar-refractivity contribution in [2.45, 2.75) is 39.0 Å². The molecule has 0 aromatic carbocycles. The lowest BCUT2D eigenvalue weighted by Crippen LogP contribution is -2.36. The average molecular weight is 295 g/mol. The first-order valence-electron chi connectivity index (χ1n) is 7.87. The maximum Gasteiger partial charge on any atom is 0.146 e. The second kappa shape index (κ2) is 6.18. The summed E-state index contributed by atoms with van der Waals surface area (Å²) in [6, 6.07) is 6.03. The number of nitrogens with zero attached hydrogens (tertiary/aromatic N) is 4. The van der Waals surface area contributed by atoms with E-state index in [1.165, 1.54) is 11.3 Å². The Balaban J connectivity index is 1.88. The molecule has 5 nitrogen and oxygen atoms in total. The minimum Gasteiger partial charge on any atom is -0.355 e. The van der Waals surface area contributed by atoms with Gasteiger partial charge < -0.3 is 4.90 Å². The van der Waals surface area contributed by atoms with E-state index >= 15 is 0 Å². The molecule has 0 spiro atoms. The topological polar surface area (TPSA) is 68.6 Å². The molecule has 1 fully saturated rings. The number of pyridine rings is 1. The number of hydrogen-bond donors (Lipinski definition) is 1. The minimum absolute atomic E-state index is 0.431. The zero-order chi connectivity index (χ0) is 15.5. The van der Waals surface area contributed by atoms with Gasteiger partial charge in [-0.1, -0.05) is 6.92 Å². The van der Waals surface area contributed by atoms with Crippen LogP contribution in [0.1, 0.15) is 48.2 Å². The van der Waals surface area contributed by atoms with Crippen molar-refractivity contribution in [1.29, 1.82) is 5.26 Å². The summed E-state index contributed by atoms with van der Waals surface area (Å²) in [4.78, 5) is 6.85. The number of nitrogens with one attached hydrogen (secondary N) is 1. The largest absolute Gasteiger partial charge is 0.355 e. The summed E-state index contributed by atoms with van der Waals surface area (Å²) in [6.07, 6.45) is 5.18. The van der Waals surface area contributed by atoms with Crippen LogP contribution in [0.25, 0.3) is 0 Å². The lowest BCUT2D eigenvalue weighted by Gasteiger charge is -2.34. The molecule has 0 unspecified atom stereocenters. The first-order chi connectivity index (χ1) is 10.7. The number of H-pyrrole nitrogens is 1. The van der Waals surface area contributed by atoms with Crippen LogP contribution < -0.4 is 4.90 Å². The van der Waals surface area contributed by atoms with Crippen LogP contribution in [-0.2, 0) is 6.42 Å². The maximum atomic E-state index is 9.34. The first kappa shape index (κ1) is 14.6. The van der Waals surface area contributed by atoms with Crippen LogP contribution >= 0.6 is 0 Å². The van der Waals surface area contributed by atoms with Gasteiger partial charge in [0.1, 0.15) is 11.9 Å². The Morgan fingerprint density at radius 3 is 3.09 bits per heavy atom. The SMILES string of the molecule is CCc1cn[nH]c1[C@@H]1CCCN(c2nc(C)ccc2C#N)C1. The Hall–Kier alpha value is -2.35. The smallest absolute Gasteiger partial charge is 0.146 e. The van der Waals surface area contributed by atoms with Gasteiger partial charge in [-0.25, -0.2) is 4.98 Å². The zero-order valence-corrected chi connectivity index (χ0v) is 13.1. The lowest BCUT2D eigenvalue weighted by atomic mass is 9.92. The molecule has 1 aliphatic rings. The summed E-state index contributed by atoms with van der Waals surface area (Å²) < 4.78 is 0. The van der Waals surface area contributed by atoms with Crippen molar-refractivity contribution in [3.05, 3.63) is 40.8 Å². The number of aryl methyl sites for hydroxylation is 2. The molecule has 0 aliphatic carbocycles. The Morgan fingerprint density at radius 2 is 2.32 bits per heavy atom. The van der Waals surface area contributed by atoms with Gasteiger partial charge in [-0.15, -0.1) is 0 Å². The van der Waals surface area contributed by atoms with E-state index in [1.807, 2.05) is 25.3 Å². The van der Waals surface area contributed by atoms with Gasteiger partial charge in [0.05, 0.1) is 11.8 Å². The fraction of sp³-hybridized carbons (Fsp3) is 0.471. The molecule has 0 saturated carbocycles. The van der Waals surface area contributed by atoms with E-state index in [0.717, 1.165) is 43.9 Å². The normalized spacial score (nSPS) is 18.2. The Labute approximate surface area is 131 Å². The van der Waals surface area contributed by atoms with Gasteiger partial charge in [0, 0.05) is 30.4 Å². The van der Waals surface area contributed by atoms with E-state index in [9.17, 15) is 5.26 Å². The maximum absolute atomic E-state index is 9.34. The number of hydrogen-bond acceptors (Lipinski definition) is 4. The van der Waals surface area contributed by atoms with E-state index in [2.05, 4.69) is 33.1 Å². The number of piperidine rings is 1. The van der Waals surface area contributed by atoms with Gasteiger partial charge in [-0.2, -0.15) is 10.4 Å². The van der Waals surface area contributed by atoms with Crippen LogP contribution in [0.2, 0.25) is 0 Å². The molecular weight excluding hydrogens is 274 g/mol. The van der Waals surface area contributed by atoms with Crippen LogP contribution in [0.3, 0.4) is 0 Å². The highest BCUT2D eigenvalue weighted by molar-refractivity contribution is 5.55. The number of rotatable bonds is 3. The molecule has 1 saturated heterocycles. The van der Waals surface area contributed by atoms with Gasteiger partial charge in [0.2, 0.25) is 0 Å². The highest BCUT2D eigenvalue weighted by Gasteiger charge is 2.26. The fourth-order valence-corrected chi connectivity index (χ4v) is 3.23. The molecule has 2 aromatic rings. The van der Waals surface area contributed by atoms with Crippen LogP contribution in [0.5, 0.6) is 0 Å². The summed E-state index contributed by atoms with van der Waals surface area (Å²) >= 11 is 0. The van der Waals surface area contributed by atoms with E-state index in [-0.39, 0.29) is 0 Å². The van der Waals surface area contributed by atoms with Crippen LogP contribution in [0.15, 0.2) is 18.3 Å². The molecule has 1 aliphatic heterocycles. The standard InChI is InChI=1S/C17H21N5/c1-3-13-10-19-21-16(13)15-5-4-8-22(11-15)17-14(9-18)7-6-12(2)20-17/h6-7,10,15H,3-5,8,11H2,1-2H3,(H,19,21)/t15-/m1/s1. The number of aromatic amines is 1. The highest BCUT2D eigenvalue weighted by Crippen LogP contribution is 2.31. The van der Waals surface area contributed by atoms with Crippen LogP contribution in [0, 0.1) is 18.3 Å². The summed E-state index contributed by atoms with van der Waals surface area (Å²) in [6.45, 7) is 5.97. The Bertz CT molecular complexity index is 697. The van der Waals surface area contributed by atoms with E-state index < -0.39 is 0 Å². The predicted molar refractivity (Wildman–Crippen MR) is 85.8 cm³/mol. The van der Waals surface area contributed by atoms with Crippen molar-refractivity contribution < 1.29 is 0 Å². The third-order valence-corrected chi connectivity index (χ3v) is 4.40. The molecule has 0 radical (unpaired) electrons. The molecule has 114 valence electrons. The van der Waals surface area contributed by atoms with Crippen LogP contribution in [-0.4, -0.2) is 28.3 Å². The monoisotopic (exact) mass is 295 g/mol. The van der Waals surface area contributed by atoms with Crippen molar-refractivity contribution in [2.24, 2.45) is 0 Å². The Morgan fingerprint density at radius 1 is 1.45 bits per heavy atom. The summed E-state index contributed by atoms with van der Waals surface area (Å²) in [5.74, 6) is 1.25. The molecular formula is C17H21N5. The molecule has 0 amide bonds. The van der Waals surface area contributed by atoms with Gasteiger partial charge in [0.25, 0.3) is 0 Å². The van der Waals surface area contributed by atoms with Gasteiger partial charge in [-0.05, 0) is 43.9 Å². The fourth-order valence-electron chi connectivity index (χ4n) is 3.23. The quantitative estimate of drug-likeness (QED) is 0.945. The number of aromatic nitrogens is 3. The summed E-state index contributed by atoms with van der Waals surface area (Å²) in [5.41, 5.74) is 4.15. The van der Waals surface area contributed by atoms with Crippen molar-refractivity contribution in [3.8, 4) is 6.07 Å². The molecule has 22 heavy (non-hydrogen) atoms. The average Bonchev–Trinajstić information content (AvgIpc) is 3.03. The zero-order valence-electron chi connectivity index (χ0n) is 13.1. The van der Waals surface area contributed by atoms with Crippen molar-refractivity contribution in [1.82, 2.24) is 15.2 Å². The Kier molecular flexibility index (Phi) is 4.10. The van der Waals surface area contributed by atoms with Crippen molar-refractivity contribution in [3.63, 3.8) is 0 Å². The van der Waals surface area contributed by atoms with E-state index in [1.54, 1.807) is 0 Å². The van der Waals surface area contributed by atoms with Gasteiger partial charge in [-0.3, -0.25) is 5.10 Å². The molecule has 0 bridgehead atoms. The molecule has 3 heterocycles. The van der Waals surface area contributed by atoms with Crippen LogP contribution in [0.4, 0.5) is 5.82 Å². The molecule has 2 aromatic heterocycles. The predicted octanol–water partition coefficient (Wildman–Crippen LogP) is 2.93. The van der Waals surface area contributed by atoms with E-state index in [4.69, 9.17) is 0 Å². The van der Waals surface area contributed by atoms with Gasteiger partial charge >= 0.3 is 0 Å². The summed E-state index contributed by atoms with van der Waals surface area (Å²) in [5, 5.41) is 16.7. The number of anilines is 1. The molecule has 1 N–H and O–H groups in total. The second-order valence-corrected chi connectivity index (χ2v) is 5.88. The van der Waals surface area contributed by atoms with Gasteiger partial charge in [0.15, 0.2) is 0 Å². The minimum atomic E-state index is 0.431. The molecule has 3 rings (SSSR count). The second-order valence-electron chi connectivity index (χ2n) is 5.88. The summed E-state index contributed by atoms with van der Waals surface area (Å²) in [7, 11) is 0. The number of nitriles is 1. The molecule has 1 atom stereocenters. The first-order valence-corrected chi connectivity index (χ1v) is 7.87. The third kappa shape index (κ3) is 2.69. The molecule has 5 heteroatoms. The lowest BCUT2D eigenvalue weighted by molar-refractivity contribution is 0.495. The highest BCUT2D eigenvalue weighted by atomic mass is 15.2. The van der Waals surface area contributed by atoms with E-state index in [0.29, 0.717) is 11.5 Å².